The van der Waals surface area contributed by atoms with Crippen LogP contribution in [0.25, 0.3) is 0 Å². The third-order valence-corrected chi connectivity index (χ3v) is 1.31. The predicted molar refractivity (Wildman–Crippen MR) is 30.2 cm³/mol. The monoisotopic (exact) mass is 130 g/mol. The molecule has 0 bridgehead atoms. The lowest BCUT2D eigenvalue weighted by Gasteiger charge is -2.03. The second-order valence-corrected chi connectivity index (χ2v) is 1.95. The van der Waals surface area contributed by atoms with E-state index in [0.29, 0.717) is 6.42 Å². The van der Waals surface area contributed by atoms with Crippen LogP contribution >= 0.6 is 0 Å². The van der Waals surface area contributed by atoms with Gasteiger partial charge < -0.3 is 0 Å². The second kappa shape index (κ2) is 2.00. The summed E-state index contributed by atoms with van der Waals surface area (Å²) >= 11 is 0. The van der Waals surface area contributed by atoms with Gasteiger partial charge in [0.25, 0.3) is 0 Å². The Labute approximate surface area is 52.1 Å². The van der Waals surface area contributed by atoms with Crippen molar-refractivity contribution in [3.05, 3.63) is 10.1 Å². The van der Waals surface area contributed by atoms with E-state index in [0.717, 1.165) is 0 Å². The van der Waals surface area contributed by atoms with Gasteiger partial charge in [-0.25, -0.2) is 0 Å². The Morgan fingerprint density at radius 3 is 2.89 bits per heavy atom. The minimum atomic E-state index is -0.579. The van der Waals surface area contributed by atoms with Crippen LogP contribution in [0.5, 0.6) is 0 Å². The van der Waals surface area contributed by atoms with E-state index >= 15 is 0 Å². The van der Waals surface area contributed by atoms with Gasteiger partial charge in [-0.05, 0) is 0 Å². The van der Waals surface area contributed by atoms with Crippen molar-refractivity contribution in [2.75, 3.05) is 7.05 Å². The van der Waals surface area contributed by atoms with Crippen LogP contribution in [0.3, 0.4) is 0 Å². The van der Waals surface area contributed by atoms with Crippen molar-refractivity contribution in [2.24, 2.45) is 0 Å². The molecule has 0 aromatic rings. The summed E-state index contributed by atoms with van der Waals surface area (Å²) in [6, 6.07) is 0. The predicted octanol–water partition coefficient (Wildman–Crippen LogP) is -2.01. The van der Waals surface area contributed by atoms with E-state index < -0.39 is 6.17 Å². The van der Waals surface area contributed by atoms with E-state index in [1.54, 1.807) is 13.3 Å². The van der Waals surface area contributed by atoms with Crippen molar-refractivity contribution in [1.29, 1.82) is 0 Å². The highest BCUT2D eigenvalue weighted by molar-refractivity contribution is 5.51. The Bertz CT molecular complexity index is 156. The maximum absolute atomic E-state index is 10.1. The lowest BCUT2D eigenvalue weighted by Crippen LogP contribution is -2.78. The van der Waals surface area contributed by atoms with E-state index in [9.17, 15) is 10.1 Å². The molecule has 1 unspecified atom stereocenters. The molecule has 1 atom stereocenters. The molecule has 0 radical (unpaired) electrons. The zero-order chi connectivity index (χ0) is 6.85. The lowest BCUT2D eigenvalue weighted by atomic mass is 10.4. The van der Waals surface area contributed by atoms with E-state index in [2.05, 4.69) is 5.10 Å². The standard InChI is InChI=1S/C4H7N3O2/c1-6-4(7(8)9)2-3-5-6/h3-4H,2H2,1H3/p+1. The number of hydrogen-bond acceptors (Lipinski definition) is 3. The average Bonchev–Trinajstić information content (AvgIpc) is 2.13. The van der Waals surface area contributed by atoms with E-state index in [1.807, 2.05) is 0 Å². The molecule has 5 nitrogen and oxygen atoms in total. The summed E-state index contributed by atoms with van der Waals surface area (Å²) in [5.74, 6) is 0. The van der Waals surface area contributed by atoms with Crippen LogP contribution in [-0.2, 0) is 0 Å². The van der Waals surface area contributed by atoms with Gasteiger partial charge in [0.2, 0.25) is 0 Å². The molecule has 0 aromatic carbocycles. The summed E-state index contributed by atoms with van der Waals surface area (Å²) in [4.78, 5) is 9.81. The van der Waals surface area contributed by atoms with E-state index in [1.165, 1.54) is 5.01 Å². The summed E-state index contributed by atoms with van der Waals surface area (Å²) in [5.41, 5.74) is 0. The van der Waals surface area contributed by atoms with Crippen molar-refractivity contribution in [1.82, 2.24) is 5.01 Å². The minimum absolute atomic E-state index is 0.309. The highest BCUT2D eigenvalue weighted by Gasteiger charge is 2.32. The summed E-state index contributed by atoms with van der Waals surface area (Å²) in [6.07, 6.45) is 1.57. The molecular weight excluding hydrogens is 122 g/mol. The van der Waals surface area contributed by atoms with Crippen molar-refractivity contribution >= 4 is 6.21 Å². The van der Waals surface area contributed by atoms with Gasteiger partial charge in [-0.2, -0.15) is 0 Å². The molecule has 0 saturated heterocycles. The molecule has 50 valence electrons. The zero-order valence-corrected chi connectivity index (χ0v) is 5.07. The van der Waals surface area contributed by atoms with Crippen molar-refractivity contribution < 1.29 is 10.0 Å². The normalized spacial score (nSPS) is 25.0. The molecule has 0 aromatic heterocycles. The van der Waals surface area contributed by atoms with Gasteiger partial charge in [-0.15, -0.1) is 10.1 Å². The fraction of sp³-hybridized carbons (Fsp3) is 0.750. The van der Waals surface area contributed by atoms with Crippen LogP contribution in [0.15, 0.2) is 0 Å². The first-order valence-corrected chi connectivity index (χ1v) is 2.66. The van der Waals surface area contributed by atoms with Gasteiger partial charge in [0.1, 0.15) is 6.42 Å². The Kier molecular flexibility index (Phi) is 1.33. The first kappa shape index (κ1) is 6.00. The molecule has 0 spiro atoms. The molecule has 0 amide bonds. The quantitative estimate of drug-likeness (QED) is 0.329. The molecule has 0 saturated carbocycles. The van der Waals surface area contributed by atoms with Crippen LogP contribution in [0.1, 0.15) is 6.42 Å². The number of hydrogen-bond donors (Lipinski definition) is 1. The fourth-order valence-electron chi connectivity index (χ4n) is 0.774. The number of nitrogens with one attached hydrogen (secondary N) is 1. The highest BCUT2D eigenvalue weighted by atomic mass is 16.6. The smallest absolute Gasteiger partial charge is 0.262 e. The zero-order valence-electron chi connectivity index (χ0n) is 5.07. The Hall–Kier alpha value is -1.13. The number of nitro groups is 1. The molecule has 1 aliphatic heterocycles. The number of hydrazone groups is 1. The van der Waals surface area contributed by atoms with Crippen LogP contribution in [0, 0.1) is 10.1 Å². The van der Waals surface area contributed by atoms with Gasteiger partial charge in [0.05, 0.1) is 12.0 Å². The molecule has 1 N–H and O–H groups in total. The van der Waals surface area contributed by atoms with E-state index in [4.69, 9.17) is 0 Å². The van der Waals surface area contributed by atoms with Gasteiger partial charge in [0.15, 0.2) is 6.21 Å². The Balaban J connectivity index is 2.55. The van der Waals surface area contributed by atoms with Crippen LogP contribution in [0.4, 0.5) is 0 Å². The summed E-state index contributed by atoms with van der Waals surface area (Å²) < 4.78 is 0. The summed E-state index contributed by atoms with van der Waals surface area (Å²) in [7, 11) is 1.65. The highest BCUT2D eigenvalue weighted by Crippen LogP contribution is 1.96. The number of nitrogens with zero attached hydrogens (tertiary/aromatic N) is 2. The SMILES string of the molecule is CN1[NH+]=CCC1[N+](=O)[O-]. The molecule has 1 heterocycles. The van der Waals surface area contributed by atoms with Crippen molar-refractivity contribution in [3.63, 3.8) is 0 Å². The van der Waals surface area contributed by atoms with Gasteiger partial charge >= 0.3 is 6.17 Å². The maximum atomic E-state index is 10.1. The van der Waals surface area contributed by atoms with E-state index in [-0.39, 0.29) is 4.92 Å². The first-order chi connectivity index (χ1) is 4.22. The summed E-state index contributed by atoms with van der Waals surface area (Å²) in [5, 5.41) is 14.3. The Morgan fingerprint density at radius 1 is 2.00 bits per heavy atom. The average molecular weight is 130 g/mol. The van der Waals surface area contributed by atoms with Crippen molar-refractivity contribution in [3.8, 4) is 0 Å². The van der Waals surface area contributed by atoms with Crippen LogP contribution in [0.2, 0.25) is 0 Å². The molecule has 9 heavy (non-hydrogen) atoms. The third kappa shape index (κ3) is 0.984. The van der Waals surface area contributed by atoms with Gasteiger partial charge in [0, 0.05) is 0 Å². The molecule has 0 fully saturated rings. The molecular formula is C4H8N3O2+. The largest absolute Gasteiger partial charge is 0.339 e. The molecule has 1 aliphatic rings. The lowest BCUT2D eigenvalue weighted by molar-refractivity contribution is -0.702. The van der Waals surface area contributed by atoms with Crippen LogP contribution in [-0.4, -0.2) is 29.4 Å². The second-order valence-electron chi connectivity index (χ2n) is 1.95. The number of rotatable bonds is 1. The molecule has 0 aliphatic carbocycles. The fourth-order valence-corrected chi connectivity index (χ4v) is 0.774. The topological polar surface area (TPSA) is 60.3 Å². The maximum Gasteiger partial charge on any atom is 0.339 e. The van der Waals surface area contributed by atoms with Crippen molar-refractivity contribution in [2.45, 2.75) is 12.6 Å². The molecule has 5 heteroatoms. The van der Waals surface area contributed by atoms with Gasteiger partial charge in [-0.3, -0.25) is 10.1 Å². The number of hydrazine groups is 1. The summed E-state index contributed by atoms with van der Waals surface area (Å²) in [6.45, 7) is 0. The Morgan fingerprint density at radius 2 is 2.67 bits per heavy atom. The van der Waals surface area contributed by atoms with Crippen LogP contribution < -0.4 is 5.10 Å². The third-order valence-electron chi connectivity index (χ3n) is 1.31. The molecule has 1 rings (SSSR count). The first-order valence-electron chi connectivity index (χ1n) is 2.66. The minimum Gasteiger partial charge on any atom is -0.262 e. The van der Waals surface area contributed by atoms with Gasteiger partial charge in [-0.1, -0.05) is 0 Å².